The molecule has 1 heterocycles. The molecule has 1 aromatic heterocycles. The quantitative estimate of drug-likeness (QED) is 0.781. The van der Waals surface area contributed by atoms with Crippen molar-refractivity contribution in [3.05, 3.63) is 47.6 Å². The molecule has 15 heavy (non-hydrogen) atoms. The molecule has 0 saturated heterocycles. The van der Waals surface area contributed by atoms with Gasteiger partial charge in [-0.3, -0.25) is 10.9 Å². The summed E-state index contributed by atoms with van der Waals surface area (Å²) < 4.78 is 0. The first-order valence-corrected chi connectivity index (χ1v) is 4.79. The van der Waals surface area contributed by atoms with E-state index in [4.69, 9.17) is 11.6 Å². The van der Waals surface area contributed by atoms with Crippen molar-refractivity contribution in [2.24, 2.45) is 0 Å². The maximum Gasteiger partial charge on any atom is 0.167 e. The van der Waals surface area contributed by atoms with Crippen LogP contribution in [0.5, 0.6) is 0 Å². The second kappa shape index (κ2) is 4.61. The number of nitrogens with one attached hydrogen (secondary N) is 2. The number of hydrazine groups is 1. The molecule has 76 valence electrons. The summed E-state index contributed by atoms with van der Waals surface area (Å²) >= 11 is 5.61. The molecule has 0 radical (unpaired) electrons. The summed E-state index contributed by atoms with van der Waals surface area (Å²) in [5, 5.41) is 7.92. The van der Waals surface area contributed by atoms with E-state index in [1.165, 1.54) is 0 Å². The second-order valence-corrected chi connectivity index (χ2v) is 3.24. The molecule has 1 aromatic carbocycles. The number of para-hydroxylation sites is 1. The molecule has 0 aliphatic heterocycles. The zero-order valence-corrected chi connectivity index (χ0v) is 8.57. The van der Waals surface area contributed by atoms with E-state index < -0.39 is 0 Å². The molecule has 4 nitrogen and oxygen atoms in total. The summed E-state index contributed by atoms with van der Waals surface area (Å²) in [7, 11) is 0. The Hall–Kier alpha value is -1.81. The first kappa shape index (κ1) is 9.73. The van der Waals surface area contributed by atoms with Crippen LogP contribution in [0.4, 0.5) is 11.5 Å². The van der Waals surface area contributed by atoms with Gasteiger partial charge in [-0.05, 0) is 24.3 Å². The fourth-order valence-corrected chi connectivity index (χ4v) is 1.14. The van der Waals surface area contributed by atoms with Gasteiger partial charge in [-0.15, -0.1) is 10.2 Å². The van der Waals surface area contributed by atoms with Crippen molar-refractivity contribution < 1.29 is 0 Å². The molecule has 0 saturated carbocycles. The van der Waals surface area contributed by atoms with Crippen LogP contribution in [0.1, 0.15) is 0 Å². The van der Waals surface area contributed by atoms with Crippen LogP contribution >= 0.6 is 11.6 Å². The number of rotatable bonds is 3. The van der Waals surface area contributed by atoms with Crippen LogP contribution < -0.4 is 10.9 Å². The summed E-state index contributed by atoms with van der Waals surface area (Å²) in [5.41, 5.74) is 6.84. The Morgan fingerprint density at radius 1 is 0.867 bits per heavy atom. The molecular formula is C10H9ClN4. The van der Waals surface area contributed by atoms with E-state index in [1.54, 1.807) is 12.1 Å². The van der Waals surface area contributed by atoms with Crippen LogP contribution in [-0.4, -0.2) is 10.2 Å². The van der Waals surface area contributed by atoms with Gasteiger partial charge in [-0.2, -0.15) is 0 Å². The lowest BCUT2D eigenvalue weighted by atomic mass is 10.3. The normalized spacial score (nSPS) is 9.67. The molecule has 2 N–H and O–H groups in total. The molecule has 0 atom stereocenters. The number of benzene rings is 1. The van der Waals surface area contributed by atoms with E-state index in [1.807, 2.05) is 30.3 Å². The fraction of sp³-hybridized carbons (Fsp3) is 0. The zero-order valence-electron chi connectivity index (χ0n) is 7.81. The van der Waals surface area contributed by atoms with Crippen LogP contribution in [0, 0.1) is 0 Å². The topological polar surface area (TPSA) is 49.8 Å². The third-order valence-electron chi connectivity index (χ3n) is 1.74. The van der Waals surface area contributed by atoms with Gasteiger partial charge in [0.2, 0.25) is 0 Å². The molecule has 0 amide bonds. The first-order chi connectivity index (χ1) is 7.34. The minimum Gasteiger partial charge on any atom is -0.300 e. The first-order valence-electron chi connectivity index (χ1n) is 4.41. The number of halogens is 1. The average molecular weight is 221 g/mol. The van der Waals surface area contributed by atoms with E-state index in [2.05, 4.69) is 21.0 Å². The highest BCUT2D eigenvalue weighted by atomic mass is 35.5. The van der Waals surface area contributed by atoms with Gasteiger partial charge < -0.3 is 0 Å². The smallest absolute Gasteiger partial charge is 0.167 e. The number of anilines is 2. The summed E-state index contributed by atoms with van der Waals surface area (Å²) in [6, 6.07) is 13.1. The zero-order chi connectivity index (χ0) is 10.5. The largest absolute Gasteiger partial charge is 0.300 e. The van der Waals surface area contributed by atoms with Crippen LogP contribution in [0.3, 0.4) is 0 Å². The molecule has 0 spiro atoms. The Kier molecular flexibility index (Phi) is 2.99. The lowest BCUT2D eigenvalue weighted by molar-refractivity contribution is 1.03. The third kappa shape index (κ3) is 2.82. The Morgan fingerprint density at radius 2 is 1.67 bits per heavy atom. The predicted octanol–water partition coefficient (Wildman–Crippen LogP) is 2.57. The second-order valence-electron chi connectivity index (χ2n) is 2.86. The number of hydrogen-bond acceptors (Lipinski definition) is 4. The van der Waals surface area contributed by atoms with E-state index >= 15 is 0 Å². The van der Waals surface area contributed by atoms with Gasteiger partial charge in [-0.25, -0.2) is 0 Å². The van der Waals surface area contributed by atoms with E-state index in [0.29, 0.717) is 11.0 Å². The van der Waals surface area contributed by atoms with Gasteiger partial charge in [0, 0.05) is 0 Å². The minimum atomic E-state index is 0.375. The summed E-state index contributed by atoms with van der Waals surface area (Å²) in [6.45, 7) is 0. The lowest BCUT2D eigenvalue weighted by Crippen LogP contribution is -2.10. The highest BCUT2D eigenvalue weighted by Crippen LogP contribution is 2.08. The van der Waals surface area contributed by atoms with Gasteiger partial charge >= 0.3 is 0 Å². The van der Waals surface area contributed by atoms with Gasteiger partial charge in [0.05, 0.1) is 5.69 Å². The highest BCUT2D eigenvalue weighted by Gasteiger charge is 1.94. The summed E-state index contributed by atoms with van der Waals surface area (Å²) in [5.74, 6) is 0.614. The molecule has 0 unspecified atom stereocenters. The number of aromatic nitrogens is 2. The van der Waals surface area contributed by atoms with E-state index in [0.717, 1.165) is 5.69 Å². The van der Waals surface area contributed by atoms with Gasteiger partial charge in [0.15, 0.2) is 11.0 Å². The number of hydrogen-bond donors (Lipinski definition) is 2. The Balaban J connectivity index is 1.96. The molecule has 5 heteroatoms. The molecule has 0 aliphatic rings. The van der Waals surface area contributed by atoms with Crippen molar-refractivity contribution in [1.82, 2.24) is 10.2 Å². The Bertz CT molecular complexity index is 415. The van der Waals surface area contributed by atoms with Crippen LogP contribution in [-0.2, 0) is 0 Å². The Morgan fingerprint density at radius 3 is 2.33 bits per heavy atom. The van der Waals surface area contributed by atoms with Crippen LogP contribution in [0.2, 0.25) is 5.15 Å². The summed E-state index contributed by atoms with van der Waals surface area (Å²) in [4.78, 5) is 0. The van der Waals surface area contributed by atoms with Crippen molar-refractivity contribution in [2.75, 3.05) is 10.9 Å². The standard InChI is InChI=1S/C10H9ClN4/c11-9-6-7-10(15-13-9)14-12-8-4-2-1-3-5-8/h1-7,12H,(H,14,15). The van der Waals surface area contributed by atoms with E-state index in [9.17, 15) is 0 Å². The average Bonchev–Trinajstić information content (AvgIpc) is 2.30. The van der Waals surface area contributed by atoms with Crippen molar-refractivity contribution >= 4 is 23.1 Å². The van der Waals surface area contributed by atoms with Crippen LogP contribution in [0.25, 0.3) is 0 Å². The highest BCUT2D eigenvalue weighted by molar-refractivity contribution is 6.29. The van der Waals surface area contributed by atoms with E-state index in [-0.39, 0.29) is 0 Å². The molecule has 0 fully saturated rings. The lowest BCUT2D eigenvalue weighted by Gasteiger charge is -2.07. The van der Waals surface area contributed by atoms with Crippen molar-refractivity contribution in [3.8, 4) is 0 Å². The maximum atomic E-state index is 5.61. The predicted molar refractivity (Wildman–Crippen MR) is 60.7 cm³/mol. The van der Waals surface area contributed by atoms with Crippen molar-refractivity contribution in [2.45, 2.75) is 0 Å². The summed E-state index contributed by atoms with van der Waals surface area (Å²) in [6.07, 6.45) is 0. The number of nitrogens with zero attached hydrogens (tertiary/aromatic N) is 2. The molecule has 0 aliphatic carbocycles. The minimum absolute atomic E-state index is 0.375. The molecule has 2 rings (SSSR count). The van der Waals surface area contributed by atoms with Crippen LogP contribution in [0.15, 0.2) is 42.5 Å². The third-order valence-corrected chi connectivity index (χ3v) is 1.94. The maximum absolute atomic E-state index is 5.61. The van der Waals surface area contributed by atoms with Gasteiger partial charge in [0.1, 0.15) is 0 Å². The molecular weight excluding hydrogens is 212 g/mol. The SMILES string of the molecule is Clc1ccc(NNc2ccccc2)nn1. The molecule has 2 aromatic rings. The van der Waals surface area contributed by atoms with Crippen molar-refractivity contribution in [3.63, 3.8) is 0 Å². The van der Waals surface area contributed by atoms with Crippen molar-refractivity contribution in [1.29, 1.82) is 0 Å². The fourth-order valence-electron chi connectivity index (χ4n) is 1.04. The monoisotopic (exact) mass is 220 g/mol. The molecule has 0 bridgehead atoms. The van der Waals surface area contributed by atoms with Gasteiger partial charge in [-0.1, -0.05) is 29.8 Å². The van der Waals surface area contributed by atoms with Gasteiger partial charge in [0.25, 0.3) is 0 Å². The Labute approximate surface area is 92.3 Å².